The van der Waals surface area contributed by atoms with Crippen molar-refractivity contribution in [3.05, 3.63) is 47.2 Å². The largest absolute Gasteiger partial charge is 0.421 e. The van der Waals surface area contributed by atoms with Crippen LogP contribution in [-0.4, -0.2) is 42.5 Å². The third-order valence-corrected chi connectivity index (χ3v) is 5.34. The fraction of sp³-hybridized carbons (Fsp3) is 0.190. The average Bonchev–Trinajstić information content (AvgIpc) is 3.22. The average molecular weight is 448 g/mol. The first-order valence-corrected chi connectivity index (χ1v) is 10.3. The SMILES string of the molecule is Cc1cc2c(F)c(Oc3nc(NC4CC4)n4ncc(/C=C5\NC(=O)NC5=O)c4n3)ccc2[nH]1. The Morgan fingerprint density at radius 2 is 2.09 bits per heavy atom. The van der Waals surface area contributed by atoms with Gasteiger partial charge in [-0.15, -0.1) is 0 Å². The van der Waals surface area contributed by atoms with Crippen molar-refractivity contribution in [3.63, 3.8) is 0 Å². The van der Waals surface area contributed by atoms with Crippen molar-refractivity contribution in [2.75, 3.05) is 5.32 Å². The number of aromatic amines is 1. The van der Waals surface area contributed by atoms with Crippen LogP contribution in [0.2, 0.25) is 0 Å². The number of aryl methyl sites for hydroxylation is 1. The Labute approximate surface area is 185 Å². The summed E-state index contributed by atoms with van der Waals surface area (Å²) in [5, 5.41) is 12.5. The molecule has 166 valence electrons. The summed E-state index contributed by atoms with van der Waals surface area (Å²) in [5.74, 6) is -0.734. The summed E-state index contributed by atoms with van der Waals surface area (Å²) in [7, 11) is 0. The number of amides is 3. The monoisotopic (exact) mass is 448 g/mol. The number of H-pyrrole nitrogens is 1. The Bertz CT molecular complexity index is 1500. The lowest BCUT2D eigenvalue weighted by Gasteiger charge is -2.10. The lowest BCUT2D eigenvalue weighted by Crippen LogP contribution is -2.22. The lowest BCUT2D eigenvalue weighted by molar-refractivity contribution is -0.115. The molecular formula is C21H17FN8O3. The van der Waals surface area contributed by atoms with E-state index >= 15 is 4.39 Å². The summed E-state index contributed by atoms with van der Waals surface area (Å²) in [5.41, 5.74) is 2.32. The number of carbonyl (C=O) groups is 2. The number of fused-ring (bicyclic) bond motifs is 2. The molecule has 0 radical (unpaired) electrons. The molecule has 0 spiro atoms. The molecule has 4 N–H and O–H groups in total. The molecule has 11 nitrogen and oxygen atoms in total. The molecule has 33 heavy (non-hydrogen) atoms. The van der Waals surface area contributed by atoms with Gasteiger partial charge in [0.05, 0.1) is 6.20 Å². The molecule has 0 atom stereocenters. The van der Waals surface area contributed by atoms with Crippen LogP contribution in [-0.2, 0) is 4.79 Å². The fourth-order valence-electron chi connectivity index (χ4n) is 3.63. The van der Waals surface area contributed by atoms with E-state index in [1.54, 1.807) is 12.1 Å². The standard InChI is InChI=1S/C21H17FN8O3/c1-9-6-12-13(24-9)4-5-15(16(12)22)33-21-27-17-10(7-14-18(31)28-20(32)26-14)8-23-30(17)19(29-21)25-11-2-3-11/h4-8,11,24H,2-3H2,1H3,(H,25,27,29)(H2,26,28,31,32)/b14-7-. The number of imide groups is 1. The highest BCUT2D eigenvalue weighted by atomic mass is 19.1. The van der Waals surface area contributed by atoms with Crippen molar-refractivity contribution in [1.29, 1.82) is 0 Å². The van der Waals surface area contributed by atoms with Crippen LogP contribution in [0.4, 0.5) is 15.1 Å². The van der Waals surface area contributed by atoms with Crippen LogP contribution in [0.25, 0.3) is 22.6 Å². The van der Waals surface area contributed by atoms with Crippen molar-refractivity contribution in [3.8, 4) is 11.8 Å². The number of benzene rings is 1. The van der Waals surface area contributed by atoms with Crippen LogP contribution in [0.5, 0.6) is 11.8 Å². The van der Waals surface area contributed by atoms with Crippen LogP contribution in [0.1, 0.15) is 24.1 Å². The molecule has 1 aromatic carbocycles. The van der Waals surface area contributed by atoms with E-state index in [-0.39, 0.29) is 23.5 Å². The molecule has 1 saturated heterocycles. The Morgan fingerprint density at radius 1 is 1.24 bits per heavy atom. The molecule has 12 heteroatoms. The second-order valence-electron chi connectivity index (χ2n) is 7.94. The summed E-state index contributed by atoms with van der Waals surface area (Å²) < 4.78 is 22.3. The first-order valence-electron chi connectivity index (χ1n) is 10.3. The highest BCUT2D eigenvalue weighted by molar-refractivity contribution is 6.14. The number of ether oxygens (including phenoxy) is 1. The van der Waals surface area contributed by atoms with E-state index in [1.807, 2.05) is 6.92 Å². The second kappa shape index (κ2) is 7.02. The maximum atomic E-state index is 15.0. The molecule has 0 bridgehead atoms. The van der Waals surface area contributed by atoms with Gasteiger partial charge in [-0.3, -0.25) is 10.1 Å². The summed E-state index contributed by atoms with van der Waals surface area (Å²) in [6.45, 7) is 1.84. The molecule has 2 aliphatic rings. The van der Waals surface area contributed by atoms with E-state index in [9.17, 15) is 9.59 Å². The van der Waals surface area contributed by atoms with Gasteiger partial charge < -0.3 is 20.4 Å². The Morgan fingerprint density at radius 3 is 2.85 bits per heavy atom. The van der Waals surface area contributed by atoms with Crippen molar-refractivity contribution < 1.29 is 18.7 Å². The van der Waals surface area contributed by atoms with E-state index in [0.29, 0.717) is 28.1 Å². The first-order chi connectivity index (χ1) is 15.9. The number of carbonyl (C=O) groups excluding carboxylic acids is 2. The number of anilines is 1. The third kappa shape index (κ3) is 3.41. The lowest BCUT2D eigenvalue weighted by atomic mass is 10.2. The van der Waals surface area contributed by atoms with Crippen LogP contribution >= 0.6 is 0 Å². The molecule has 1 aliphatic heterocycles. The highest BCUT2D eigenvalue weighted by Crippen LogP contribution is 2.31. The van der Waals surface area contributed by atoms with E-state index in [2.05, 4.69) is 36.0 Å². The predicted octanol–water partition coefficient (Wildman–Crippen LogP) is 2.60. The van der Waals surface area contributed by atoms with Gasteiger partial charge in [0, 0.05) is 28.2 Å². The van der Waals surface area contributed by atoms with Gasteiger partial charge in [-0.1, -0.05) is 0 Å². The molecule has 3 aromatic heterocycles. The summed E-state index contributed by atoms with van der Waals surface area (Å²) in [6.07, 6.45) is 4.93. The summed E-state index contributed by atoms with van der Waals surface area (Å²) >= 11 is 0. The van der Waals surface area contributed by atoms with Gasteiger partial charge in [0.1, 0.15) is 5.70 Å². The zero-order valence-electron chi connectivity index (χ0n) is 17.3. The van der Waals surface area contributed by atoms with Gasteiger partial charge in [-0.25, -0.2) is 9.18 Å². The van der Waals surface area contributed by atoms with E-state index in [0.717, 1.165) is 18.5 Å². The number of hydrogen-bond donors (Lipinski definition) is 4. The Hall–Kier alpha value is -4.48. The smallest absolute Gasteiger partial charge is 0.327 e. The second-order valence-corrected chi connectivity index (χ2v) is 7.94. The van der Waals surface area contributed by atoms with Crippen LogP contribution < -0.4 is 20.7 Å². The number of nitrogens with zero attached hydrogens (tertiary/aromatic N) is 4. The number of rotatable bonds is 5. The van der Waals surface area contributed by atoms with E-state index in [1.165, 1.54) is 22.9 Å². The maximum absolute atomic E-state index is 15.0. The Balaban J connectivity index is 1.44. The van der Waals surface area contributed by atoms with Gasteiger partial charge in [0.15, 0.2) is 17.2 Å². The minimum absolute atomic E-state index is 0.0231. The minimum atomic E-state index is -0.608. The highest BCUT2D eigenvalue weighted by Gasteiger charge is 2.26. The van der Waals surface area contributed by atoms with Gasteiger partial charge in [0.2, 0.25) is 5.95 Å². The predicted molar refractivity (Wildman–Crippen MR) is 115 cm³/mol. The van der Waals surface area contributed by atoms with Crippen LogP contribution in [0.3, 0.4) is 0 Å². The molecule has 4 aromatic rings. The van der Waals surface area contributed by atoms with Crippen molar-refractivity contribution in [2.24, 2.45) is 0 Å². The zero-order valence-corrected chi connectivity index (χ0v) is 17.3. The number of aromatic nitrogens is 5. The molecule has 2 fully saturated rings. The minimum Gasteiger partial charge on any atom is -0.421 e. The molecular weight excluding hydrogens is 431 g/mol. The molecule has 1 aliphatic carbocycles. The van der Waals surface area contributed by atoms with Crippen molar-refractivity contribution >= 4 is 40.5 Å². The number of hydrogen-bond acceptors (Lipinski definition) is 7. The summed E-state index contributed by atoms with van der Waals surface area (Å²) in [4.78, 5) is 35.2. The van der Waals surface area contributed by atoms with Gasteiger partial charge in [-0.2, -0.15) is 19.6 Å². The van der Waals surface area contributed by atoms with Crippen molar-refractivity contribution in [1.82, 2.24) is 35.2 Å². The van der Waals surface area contributed by atoms with Gasteiger partial charge >= 0.3 is 12.0 Å². The first kappa shape index (κ1) is 19.2. The van der Waals surface area contributed by atoms with Crippen molar-refractivity contribution in [2.45, 2.75) is 25.8 Å². The molecule has 3 amide bonds. The third-order valence-electron chi connectivity index (χ3n) is 5.34. The zero-order chi connectivity index (χ0) is 22.7. The number of nitrogens with one attached hydrogen (secondary N) is 4. The molecule has 6 rings (SSSR count). The molecule has 0 unspecified atom stereocenters. The van der Waals surface area contributed by atoms with Gasteiger partial charge in [-0.05, 0) is 44.0 Å². The fourth-order valence-corrected chi connectivity index (χ4v) is 3.63. The van der Waals surface area contributed by atoms with Crippen LogP contribution in [0, 0.1) is 12.7 Å². The Kier molecular flexibility index (Phi) is 4.09. The topological polar surface area (TPSA) is 138 Å². The summed E-state index contributed by atoms with van der Waals surface area (Å²) in [6, 6.07) is 4.48. The number of halogens is 1. The van der Waals surface area contributed by atoms with E-state index < -0.39 is 17.8 Å². The normalized spacial score (nSPS) is 17.1. The molecule has 1 saturated carbocycles. The quantitative estimate of drug-likeness (QED) is 0.272. The maximum Gasteiger partial charge on any atom is 0.327 e. The van der Waals surface area contributed by atoms with Gasteiger partial charge in [0.25, 0.3) is 5.91 Å². The number of urea groups is 1. The van der Waals surface area contributed by atoms with E-state index in [4.69, 9.17) is 4.74 Å². The molecule has 4 heterocycles. The van der Waals surface area contributed by atoms with Crippen LogP contribution in [0.15, 0.2) is 30.1 Å².